The molecule has 1 aromatic carbocycles. The topological polar surface area (TPSA) is 49.4 Å². The van der Waals surface area contributed by atoms with Crippen molar-refractivity contribution in [1.82, 2.24) is 4.90 Å². The molecule has 0 atom stereocenters. The lowest BCUT2D eigenvalue weighted by Crippen LogP contribution is -2.31. The predicted octanol–water partition coefficient (Wildman–Crippen LogP) is 2.66. The summed E-state index contributed by atoms with van der Waals surface area (Å²) >= 11 is 0. The molecule has 1 heterocycles. The fourth-order valence-electron chi connectivity index (χ4n) is 2.16. The van der Waals surface area contributed by atoms with Crippen molar-refractivity contribution in [2.45, 2.75) is 25.4 Å². The summed E-state index contributed by atoms with van der Waals surface area (Å²) in [5, 5.41) is 2.42. The minimum atomic E-state index is -4.41. The number of benzene rings is 1. The van der Waals surface area contributed by atoms with E-state index >= 15 is 0 Å². The number of rotatable bonds is 3. The van der Waals surface area contributed by atoms with E-state index in [0.29, 0.717) is 13.1 Å². The molecule has 0 aromatic heterocycles. The molecule has 0 radical (unpaired) electrons. The standard InChI is InChI=1S/C14H15F3N2O2/c15-14(16,17)10-3-5-11(6-4-10)18-12(20)9-13(21)19-7-1-2-8-19/h3-6H,1-2,7-9H2,(H,18,20). The van der Waals surface area contributed by atoms with Crippen molar-refractivity contribution in [3.05, 3.63) is 29.8 Å². The highest BCUT2D eigenvalue weighted by Crippen LogP contribution is 2.29. The molecule has 1 aliphatic rings. The molecule has 1 N–H and O–H groups in total. The Morgan fingerprint density at radius 2 is 1.67 bits per heavy atom. The average molecular weight is 300 g/mol. The van der Waals surface area contributed by atoms with E-state index in [1.807, 2.05) is 0 Å². The van der Waals surface area contributed by atoms with Crippen LogP contribution in [0.5, 0.6) is 0 Å². The number of anilines is 1. The monoisotopic (exact) mass is 300 g/mol. The van der Waals surface area contributed by atoms with E-state index in [9.17, 15) is 22.8 Å². The van der Waals surface area contributed by atoms with Gasteiger partial charge in [-0.05, 0) is 37.1 Å². The largest absolute Gasteiger partial charge is 0.416 e. The van der Waals surface area contributed by atoms with Crippen LogP contribution < -0.4 is 5.32 Å². The quantitative estimate of drug-likeness (QED) is 0.873. The predicted molar refractivity (Wildman–Crippen MR) is 70.5 cm³/mol. The van der Waals surface area contributed by atoms with E-state index < -0.39 is 17.6 Å². The highest BCUT2D eigenvalue weighted by Gasteiger charge is 2.30. The Balaban J connectivity index is 1.89. The van der Waals surface area contributed by atoms with Gasteiger partial charge in [-0.3, -0.25) is 9.59 Å². The smallest absolute Gasteiger partial charge is 0.342 e. The summed E-state index contributed by atoms with van der Waals surface area (Å²) < 4.78 is 37.2. The average Bonchev–Trinajstić information content (AvgIpc) is 2.92. The van der Waals surface area contributed by atoms with Gasteiger partial charge in [-0.25, -0.2) is 0 Å². The van der Waals surface area contributed by atoms with Crippen LogP contribution in [-0.2, 0) is 15.8 Å². The first-order valence-corrected chi connectivity index (χ1v) is 6.61. The Morgan fingerprint density at radius 3 is 2.19 bits per heavy atom. The second-order valence-electron chi connectivity index (χ2n) is 4.89. The first kappa shape index (κ1) is 15.3. The number of nitrogens with one attached hydrogen (secondary N) is 1. The summed E-state index contributed by atoms with van der Waals surface area (Å²) in [7, 11) is 0. The Labute approximate surface area is 119 Å². The number of likely N-dealkylation sites (tertiary alicyclic amines) is 1. The number of carbonyl (C=O) groups excluding carboxylic acids is 2. The fraction of sp³-hybridized carbons (Fsp3) is 0.429. The van der Waals surface area contributed by atoms with Gasteiger partial charge in [0.1, 0.15) is 6.42 Å². The highest BCUT2D eigenvalue weighted by atomic mass is 19.4. The van der Waals surface area contributed by atoms with Crippen LogP contribution in [0.15, 0.2) is 24.3 Å². The molecule has 21 heavy (non-hydrogen) atoms. The van der Waals surface area contributed by atoms with E-state index in [2.05, 4.69) is 5.32 Å². The SMILES string of the molecule is O=C(CC(=O)N1CCCC1)Nc1ccc(C(F)(F)F)cc1. The van der Waals surface area contributed by atoms with Gasteiger partial charge < -0.3 is 10.2 Å². The second kappa shape index (κ2) is 6.15. The first-order chi connectivity index (χ1) is 9.86. The zero-order valence-corrected chi connectivity index (χ0v) is 11.2. The van der Waals surface area contributed by atoms with Gasteiger partial charge >= 0.3 is 6.18 Å². The zero-order chi connectivity index (χ0) is 15.5. The lowest BCUT2D eigenvalue weighted by Gasteiger charge is -2.15. The molecule has 114 valence electrons. The molecule has 2 rings (SSSR count). The minimum absolute atomic E-state index is 0.238. The molecule has 1 fully saturated rings. The fourth-order valence-corrected chi connectivity index (χ4v) is 2.16. The summed E-state index contributed by atoms with van der Waals surface area (Å²) in [6, 6.07) is 4.11. The Kier molecular flexibility index (Phi) is 4.50. The number of amides is 2. The normalized spacial score (nSPS) is 15.1. The third-order valence-corrected chi connectivity index (χ3v) is 3.27. The Bertz CT molecular complexity index is 520. The van der Waals surface area contributed by atoms with Gasteiger partial charge in [0, 0.05) is 18.8 Å². The van der Waals surface area contributed by atoms with Crippen molar-refractivity contribution < 1.29 is 22.8 Å². The molecule has 0 aliphatic carbocycles. The summed E-state index contributed by atoms with van der Waals surface area (Å²) in [6.07, 6.45) is -2.83. The van der Waals surface area contributed by atoms with Gasteiger partial charge in [-0.1, -0.05) is 0 Å². The molecule has 1 aliphatic heterocycles. The van der Waals surface area contributed by atoms with Crippen LogP contribution in [0.4, 0.5) is 18.9 Å². The number of hydrogen-bond acceptors (Lipinski definition) is 2. The number of nitrogens with zero attached hydrogens (tertiary/aromatic N) is 1. The second-order valence-corrected chi connectivity index (χ2v) is 4.89. The summed E-state index contributed by atoms with van der Waals surface area (Å²) in [4.78, 5) is 25.0. The molecule has 0 saturated carbocycles. The molecule has 1 aromatic rings. The third-order valence-electron chi connectivity index (χ3n) is 3.27. The van der Waals surface area contributed by atoms with Crippen molar-refractivity contribution in [3.63, 3.8) is 0 Å². The first-order valence-electron chi connectivity index (χ1n) is 6.61. The molecule has 1 saturated heterocycles. The highest BCUT2D eigenvalue weighted by molar-refractivity contribution is 6.03. The van der Waals surface area contributed by atoms with Crippen LogP contribution in [-0.4, -0.2) is 29.8 Å². The third kappa shape index (κ3) is 4.21. The van der Waals surface area contributed by atoms with E-state index in [1.165, 1.54) is 12.1 Å². The minimum Gasteiger partial charge on any atom is -0.342 e. The van der Waals surface area contributed by atoms with E-state index in [-0.39, 0.29) is 18.0 Å². The Morgan fingerprint density at radius 1 is 1.10 bits per heavy atom. The molecule has 7 heteroatoms. The van der Waals surface area contributed by atoms with Crippen LogP contribution in [0.1, 0.15) is 24.8 Å². The van der Waals surface area contributed by atoms with Crippen molar-refractivity contribution in [2.75, 3.05) is 18.4 Å². The van der Waals surface area contributed by atoms with Crippen molar-refractivity contribution in [1.29, 1.82) is 0 Å². The lowest BCUT2D eigenvalue weighted by atomic mass is 10.2. The van der Waals surface area contributed by atoms with E-state index in [1.54, 1.807) is 4.90 Å². The van der Waals surface area contributed by atoms with Crippen LogP contribution in [0, 0.1) is 0 Å². The molecular weight excluding hydrogens is 285 g/mol. The number of hydrogen-bond donors (Lipinski definition) is 1. The van der Waals surface area contributed by atoms with Crippen LogP contribution in [0.25, 0.3) is 0 Å². The maximum atomic E-state index is 12.4. The van der Waals surface area contributed by atoms with Crippen LogP contribution >= 0.6 is 0 Å². The molecule has 0 spiro atoms. The van der Waals surface area contributed by atoms with Crippen molar-refractivity contribution in [3.8, 4) is 0 Å². The molecular formula is C14H15F3N2O2. The zero-order valence-electron chi connectivity index (χ0n) is 11.2. The maximum Gasteiger partial charge on any atom is 0.416 e. The van der Waals surface area contributed by atoms with Crippen molar-refractivity contribution >= 4 is 17.5 Å². The van der Waals surface area contributed by atoms with Gasteiger partial charge in [0.15, 0.2) is 0 Å². The molecule has 4 nitrogen and oxygen atoms in total. The van der Waals surface area contributed by atoms with Gasteiger partial charge in [0.2, 0.25) is 11.8 Å². The maximum absolute atomic E-state index is 12.4. The molecule has 0 unspecified atom stereocenters. The van der Waals surface area contributed by atoms with Gasteiger partial charge in [-0.2, -0.15) is 13.2 Å². The number of carbonyl (C=O) groups is 2. The summed E-state index contributed by atoms with van der Waals surface area (Å²) in [6.45, 7) is 1.32. The number of alkyl halides is 3. The van der Waals surface area contributed by atoms with E-state index in [4.69, 9.17) is 0 Å². The van der Waals surface area contributed by atoms with Crippen LogP contribution in [0.2, 0.25) is 0 Å². The Hall–Kier alpha value is -2.05. The van der Waals surface area contributed by atoms with Gasteiger partial charge in [0.05, 0.1) is 5.56 Å². The molecule has 2 amide bonds. The molecule has 0 bridgehead atoms. The lowest BCUT2D eigenvalue weighted by molar-refractivity contribution is -0.137. The van der Waals surface area contributed by atoms with Crippen molar-refractivity contribution in [2.24, 2.45) is 0 Å². The summed E-state index contributed by atoms with van der Waals surface area (Å²) in [5.41, 5.74) is -0.545. The van der Waals surface area contributed by atoms with Gasteiger partial charge in [-0.15, -0.1) is 0 Å². The summed E-state index contributed by atoms with van der Waals surface area (Å²) in [5.74, 6) is -0.774. The van der Waals surface area contributed by atoms with E-state index in [0.717, 1.165) is 25.0 Å². The van der Waals surface area contributed by atoms with Crippen LogP contribution in [0.3, 0.4) is 0 Å². The van der Waals surface area contributed by atoms with Gasteiger partial charge in [0.25, 0.3) is 0 Å². The number of halogens is 3.